The fourth-order valence-corrected chi connectivity index (χ4v) is 7.78. The molecule has 3 aromatic rings. The van der Waals surface area contributed by atoms with Crippen LogP contribution in [0.2, 0.25) is 0 Å². The number of thiophene rings is 1. The molecule has 0 spiro atoms. The van der Waals surface area contributed by atoms with E-state index in [-0.39, 0.29) is 23.5 Å². The van der Waals surface area contributed by atoms with Gasteiger partial charge in [-0.05, 0) is 68.4 Å². The van der Waals surface area contributed by atoms with Crippen LogP contribution in [0.1, 0.15) is 46.5 Å². The molecule has 6 rings (SSSR count). The minimum absolute atomic E-state index is 0.0714. The van der Waals surface area contributed by atoms with Crippen molar-refractivity contribution >= 4 is 43.3 Å². The second kappa shape index (κ2) is 10.3. The molecular weight excluding hydrogens is 510 g/mol. The molecule has 9 nitrogen and oxygen atoms in total. The summed E-state index contributed by atoms with van der Waals surface area (Å²) in [4.78, 5) is 29.1. The van der Waals surface area contributed by atoms with Crippen molar-refractivity contribution in [2.45, 2.75) is 49.5 Å². The molecule has 2 saturated heterocycles. The number of carbonyl (C=O) groups excluding carboxylic acids is 1. The molecule has 0 saturated carbocycles. The van der Waals surface area contributed by atoms with E-state index >= 15 is 0 Å². The minimum Gasteiger partial charge on any atom is -0.377 e. The van der Waals surface area contributed by atoms with Gasteiger partial charge in [0.15, 0.2) is 0 Å². The Balaban J connectivity index is 1.10. The summed E-state index contributed by atoms with van der Waals surface area (Å²) in [5.41, 5.74) is 1.91. The average molecular weight is 542 g/mol. The first-order chi connectivity index (χ1) is 18.0. The highest BCUT2D eigenvalue weighted by atomic mass is 32.2. The Kier molecular flexibility index (Phi) is 6.87. The summed E-state index contributed by atoms with van der Waals surface area (Å²) in [7, 11) is -3.65. The van der Waals surface area contributed by atoms with Gasteiger partial charge in [0.25, 0.3) is 5.91 Å². The van der Waals surface area contributed by atoms with E-state index in [1.165, 1.54) is 40.8 Å². The van der Waals surface area contributed by atoms with Crippen molar-refractivity contribution in [2.24, 2.45) is 0 Å². The van der Waals surface area contributed by atoms with Gasteiger partial charge in [0.1, 0.15) is 17.0 Å². The van der Waals surface area contributed by atoms with Crippen LogP contribution in [0.4, 0.5) is 5.82 Å². The summed E-state index contributed by atoms with van der Waals surface area (Å²) >= 11 is 1.80. The highest BCUT2D eigenvalue weighted by Crippen LogP contribution is 2.39. The van der Waals surface area contributed by atoms with E-state index in [9.17, 15) is 13.2 Å². The molecule has 0 radical (unpaired) electrons. The third kappa shape index (κ3) is 4.97. The maximum Gasteiger partial charge on any atom is 0.253 e. The number of sulfonamides is 1. The first-order valence-corrected chi connectivity index (χ1v) is 15.3. The fraction of sp³-hybridized carbons (Fsp3) is 0.500. The number of rotatable bonds is 6. The van der Waals surface area contributed by atoms with Crippen LogP contribution in [0, 0.1) is 0 Å². The van der Waals surface area contributed by atoms with E-state index in [1.807, 2.05) is 4.90 Å². The first-order valence-electron chi connectivity index (χ1n) is 13.0. The number of aryl methyl sites for hydroxylation is 2. The molecule has 11 heteroatoms. The zero-order valence-corrected chi connectivity index (χ0v) is 22.3. The Morgan fingerprint density at radius 2 is 1.84 bits per heavy atom. The second-order valence-corrected chi connectivity index (χ2v) is 12.7. The number of piperazine rings is 1. The number of fused-ring (bicyclic) bond motifs is 3. The monoisotopic (exact) mass is 541 g/mol. The Labute approximate surface area is 220 Å². The molecule has 1 atom stereocenters. The highest BCUT2D eigenvalue weighted by Gasteiger charge is 2.27. The van der Waals surface area contributed by atoms with Crippen molar-refractivity contribution in [1.82, 2.24) is 19.6 Å². The zero-order valence-electron chi connectivity index (χ0n) is 20.7. The maximum atomic E-state index is 13.2. The number of amides is 1. The average Bonchev–Trinajstić information content (AvgIpc) is 3.60. The van der Waals surface area contributed by atoms with Gasteiger partial charge in [0.05, 0.1) is 16.4 Å². The molecule has 2 aliphatic heterocycles. The Morgan fingerprint density at radius 1 is 1.05 bits per heavy atom. The molecular formula is C26H31N5O4S2. The highest BCUT2D eigenvalue weighted by molar-refractivity contribution is 7.89. The van der Waals surface area contributed by atoms with Gasteiger partial charge in [-0.3, -0.25) is 4.79 Å². The molecule has 2 aromatic heterocycles. The predicted octanol–water partition coefficient (Wildman–Crippen LogP) is 2.99. The molecule has 1 N–H and O–H groups in total. The fourth-order valence-electron chi connectivity index (χ4n) is 5.49. The number of hydrogen-bond donors (Lipinski definition) is 1. The second-order valence-electron chi connectivity index (χ2n) is 9.88. The number of anilines is 1. The van der Waals surface area contributed by atoms with E-state index in [0.717, 1.165) is 36.3 Å². The van der Waals surface area contributed by atoms with Gasteiger partial charge in [-0.25, -0.2) is 23.1 Å². The summed E-state index contributed by atoms with van der Waals surface area (Å²) in [5.74, 6) is 0.901. The van der Waals surface area contributed by atoms with Crippen LogP contribution in [0.25, 0.3) is 10.2 Å². The number of ether oxygens (including phenoxy) is 1. The molecule has 1 unspecified atom stereocenters. The number of nitrogens with one attached hydrogen (secondary N) is 1. The van der Waals surface area contributed by atoms with Crippen molar-refractivity contribution in [3.8, 4) is 0 Å². The summed E-state index contributed by atoms with van der Waals surface area (Å²) in [6, 6.07) is 6.19. The van der Waals surface area contributed by atoms with E-state index in [0.29, 0.717) is 38.3 Å². The number of aromatic nitrogens is 2. The van der Waals surface area contributed by atoms with Crippen LogP contribution in [0.15, 0.2) is 35.5 Å². The van der Waals surface area contributed by atoms with Gasteiger partial charge in [-0.15, -0.1) is 11.3 Å². The van der Waals surface area contributed by atoms with E-state index in [2.05, 4.69) is 19.6 Å². The first kappa shape index (κ1) is 24.7. The predicted molar refractivity (Wildman–Crippen MR) is 143 cm³/mol. The van der Waals surface area contributed by atoms with Crippen molar-refractivity contribution < 1.29 is 17.9 Å². The van der Waals surface area contributed by atoms with Crippen molar-refractivity contribution in [1.29, 1.82) is 0 Å². The SMILES string of the molecule is O=C(c1ccc(S(=O)(=O)NCC2CCCO2)cc1)N1CCN(c2ncnc3sc4c(c23)CCCC4)CC1. The summed E-state index contributed by atoms with van der Waals surface area (Å²) in [5, 5.41) is 1.20. The van der Waals surface area contributed by atoms with Crippen LogP contribution in [-0.2, 0) is 27.6 Å². The van der Waals surface area contributed by atoms with Crippen LogP contribution >= 0.6 is 11.3 Å². The lowest BCUT2D eigenvalue weighted by Gasteiger charge is -2.35. The van der Waals surface area contributed by atoms with Crippen molar-refractivity contribution in [2.75, 3.05) is 44.2 Å². The topological polar surface area (TPSA) is 105 Å². The summed E-state index contributed by atoms with van der Waals surface area (Å²) in [6.45, 7) is 3.50. The number of carbonyl (C=O) groups is 1. The smallest absolute Gasteiger partial charge is 0.253 e. The Morgan fingerprint density at radius 3 is 2.59 bits per heavy atom. The third-order valence-corrected chi connectivity index (χ3v) is 10.2. The van der Waals surface area contributed by atoms with E-state index in [4.69, 9.17) is 4.74 Å². The molecule has 0 bridgehead atoms. The lowest BCUT2D eigenvalue weighted by molar-refractivity contribution is 0.0746. The maximum absolute atomic E-state index is 13.2. The molecule has 1 aliphatic carbocycles. The standard InChI is InChI=1S/C26H31N5O4S2/c32-26(18-7-9-20(10-8-18)37(33,34)29-16-19-4-3-15-35-19)31-13-11-30(12-14-31)24-23-21-5-1-2-6-22(21)36-25(23)28-17-27-24/h7-10,17,19,29H,1-6,11-16H2. The van der Waals surface area contributed by atoms with Crippen molar-refractivity contribution in [3.63, 3.8) is 0 Å². The van der Waals surface area contributed by atoms with Gasteiger partial charge in [-0.2, -0.15) is 0 Å². The summed E-state index contributed by atoms with van der Waals surface area (Å²) < 4.78 is 33.4. The van der Waals surface area contributed by atoms with Gasteiger partial charge in [-0.1, -0.05) is 0 Å². The van der Waals surface area contributed by atoms with Crippen LogP contribution in [-0.4, -0.2) is 74.6 Å². The minimum atomic E-state index is -3.65. The quantitative estimate of drug-likeness (QED) is 0.512. The van der Waals surface area contributed by atoms with Crippen molar-refractivity contribution in [3.05, 3.63) is 46.6 Å². The summed E-state index contributed by atoms with van der Waals surface area (Å²) in [6.07, 6.45) is 8.06. The number of hydrogen-bond acceptors (Lipinski definition) is 8. The molecule has 196 valence electrons. The van der Waals surface area contributed by atoms with Crippen LogP contribution < -0.4 is 9.62 Å². The van der Waals surface area contributed by atoms with Gasteiger partial charge in [0, 0.05) is 49.8 Å². The third-order valence-electron chi connectivity index (χ3n) is 7.53. The normalized spacial score (nSPS) is 20.4. The molecule has 2 fully saturated rings. The zero-order chi connectivity index (χ0) is 25.4. The molecule has 1 aromatic carbocycles. The van der Waals surface area contributed by atoms with Gasteiger partial charge >= 0.3 is 0 Å². The molecule has 4 heterocycles. The van der Waals surface area contributed by atoms with E-state index in [1.54, 1.807) is 29.8 Å². The lowest BCUT2D eigenvalue weighted by atomic mass is 9.97. The van der Waals surface area contributed by atoms with Gasteiger partial charge < -0.3 is 14.5 Å². The lowest BCUT2D eigenvalue weighted by Crippen LogP contribution is -2.49. The number of benzene rings is 1. The molecule has 1 amide bonds. The Bertz CT molecular complexity index is 1390. The Hall–Kier alpha value is -2.60. The van der Waals surface area contributed by atoms with Crippen LogP contribution in [0.3, 0.4) is 0 Å². The van der Waals surface area contributed by atoms with Crippen LogP contribution in [0.5, 0.6) is 0 Å². The van der Waals surface area contributed by atoms with E-state index < -0.39 is 10.0 Å². The molecule has 37 heavy (non-hydrogen) atoms. The number of nitrogens with zero attached hydrogens (tertiary/aromatic N) is 4. The largest absolute Gasteiger partial charge is 0.377 e. The molecule has 3 aliphatic rings. The van der Waals surface area contributed by atoms with Gasteiger partial charge in [0.2, 0.25) is 10.0 Å².